The van der Waals surface area contributed by atoms with Gasteiger partial charge in [-0.15, -0.1) is 0 Å². The summed E-state index contributed by atoms with van der Waals surface area (Å²) in [6.45, 7) is 0. The maximum absolute atomic E-state index is 12.7. The number of benzene rings is 1. The van der Waals surface area contributed by atoms with E-state index in [2.05, 4.69) is 15.9 Å². The van der Waals surface area contributed by atoms with E-state index < -0.39 is 29.7 Å². The van der Waals surface area contributed by atoms with Crippen LogP contribution in [0, 0.1) is 11.3 Å². The van der Waals surface area contributed by atoms with Crippen LogP contribution >= 0.6 is 15.9 Å². The van der Waals surface area contributed by atoms with E-state index in [9.17, 15) is 18.0 Å². The molecule has 0 saturated heterocycles. The summed E-state index contributed by atoms with van der Waals surface area (Å²) in [5.41, 5.74) is -1.96. The van der Waals surface area contributed by atoms with Gasteiger partial charge in [-0.3, -0.25) is 4.79 Å². The second-order valence-electron chi connectivity index (χ2n) is 3.14. The lowest BCUT2D eigenvalue weighted by molar-refractivity contribution is -0.139. The molecule has 1 rings (SSSR count). The van der Waals surface area contributed by atoms with Gasteiger partial charge >= 0.3 is 12.1 Å². The smallest absolute Gasteiger partial charge is 0.418 e. The maximum atomic E-state index is 12.7. The minimum Gasteiger partial charge on any atom is -0.481 e. The molecule has 0 atom stereocenters. The van der Waals surface area contributed by atoms with Gasteiger partial charge in [0.25, 0.3) is 0 Å². The van der Waals surface area contributed by atoms with Crippen molar-refractivity contribution in [2.75, 3.05) is 0 Å². The fraction of sp³-hybridized carbons (Fsp3) is 0.200. The van der Waals surface area contributed by atoms with Gasteiger partial charge in [0.2, 0.25) is 0 Å². The van der Waals surface area contributed by atoms with Crippen LogP contribution < -0.4 is 0 Å². The Morgan fingerprint density at radius 3 is 2.47 bits per heavy atom. The van der Waals surface area contributed by atoms with Crippen LogP contribution in [0.4, 0.5) is 13.2 Å². The Balaban J connectivity index is 3.49. The topological polar surface area (TPSA) is 61.1 Å². The predicted molar refractivity (Wildman–Crippen MR) is 55.2 cm³/mol. The number of hydrogen-bond acceptors (Lipinski definition) is 2. The van der Waals surface area contributed by atoms with Gasteiger partial charge in [-0.1, -0.05) is 22.0 Å². The van der Waals surface area contributed by atoms with Crippen molar-refractivity contribution in [3.8, 4) is 6.07 Å². The van der Waals surface area contributed by atoms with Crippen LogP contribution in [-0.2, 0) is 17.4 Å². The molecule has 7 heteroatoms. The van der Waals surface area contributed by atoms with Gasteiger partial charge in [-0.2, -0.15) is 18.4 Å². The van der Waals surface area contributed by atoms with E-state index in [1.165, 1.54) is 12.1 Å². The highest BCUT2D eigenvalue weighted by Gasteiger charge is 2.37. The minimum atomic E-state index is -4.71. The van der Waals surface area contributed by atoms with Gasteiger partial charge in [0.15, 0.2) is 0 Å². The number of alkyl halides is 3. The van der Waals surface area contributed by atoms with Crippen LogP contribution in [0.3, 0.4) is 0 Å². The summed E-state index contributed by atoms with van der Waals surface area (Å²) in [6, 6.07) is 3.68. The third-order valence-corrected chi connectivity index (χ3v) is 2.64. The lowest BCUT2D eigenvalue weighted by Crippen LogP contribution is -2.12. The molecule has 0 heterocycles. The van der Waals surface area contributed by atoms with Crippen molar-refractivity contribution >= 4 is 21.9 Å². The van der Waals surface area contributed by atoms with E-state index in [4.69, 9.17) is 10.4 Å². The van der Waals surface area contributed by atoms with Crippen LogP contribution in [0.25, 0.3) is 0 Å². The molecular weight excluding hydrogens is 303 g/mol. The first kappa shape index (κ1) is 13.5. The zero-order valence-electron chi connectivity index (χ0n) is 8.18. The first-order valence-electron chi connectivity index (χ1n) is 4.28. The standard InChI is InChI=1S/C10H5BrF3NO2/c11-7-2-1-5(3-8(16)17)6(4-15)9(7)10(12,13)14/h1-2H,3H2,(H,16,17). The van der Waals surface area contributed by atoms with Gasteiger partial charge in [-0.05, 0) is 11.6 Å². The summed E-state index contributed by atoms with van der Waals surface area (Å²) in [7, 11) is 0. The molecule has 0 aliphatic carbocycles. The van der Waals surface area contributed by atoms with Crippen LogP contribution in [0.2, 0.25) is 0 Å². The second-order valence-corrected chi connectivity index (χ2v) is 3.99. The molecule has 90 valence electrons. The average Bonchev–Trinajstić information content (AvgIpc) is 2.17. The van der Waals surface area contributed by atoms with Gasteiger partial charge in [0.05, 0.1) is 17.5 Å². The molecule has 0 spiro atoms. The molecule has 0 aliphatic heterocycles. The Hall–Kier alpha value is -1.55. The normalized spacial score (nSPS) is 11.0. The average molecular weight is 308 g/mol. The van der Waals surface area contributed by atoms with E-state index >= 15 is 0 Å². The largest absolute Gasteiger partial charge is 0.481 e. The van der Waals surface area contributed by atoms with E-state index in [-0.39, 0.29) is 10.0 Å². The van der Waals surface area contributed by atoms with Crippen LogP contribution in [0.1, 0.15) is 16.7 Å². The van der Waals surface area contributed by atoms with Gasteiger partial charge in [0, 0.05) is 4.47 Å². The van der Waals surface area contributed by atoms with Crippen molar-refractivity contribution in [1.29, 1.82) is 5.26 Å². The van der Waals surface area contributed by atoms with Crippen molar-refractivity contribution in [1.82, 2.24) is 0 Å². The maximum Gasteiger partial charge on any atom is 0.418 e. The van der Waals surface area contributed by atoms with Crippen LogP contribution in [-0.4, -0.2) is 11.1 Å². The summed E-state index contributed by atoms with van der Waals surface area (Å²) >= 11 is 2.71. The number of nitriles is 1. The van der Waals surface area contributed by atoms with Crippen LogP contribution in [0.15, 0.2) is 16.6 Å². The molecule has 0 amide bonds. The highest BCUT2D eigenvalue weighted by molar-refractivity contribution is 9.10. The van der Waals surface area contributed by atoms with Crippen molar-refractivity contribution < 1.29 is 23.1 Å². The lowest BCUT2D eigenvalue weighted by Gasteiger charge is -2.13. The molecule has 17 heavy (non-hydrogen) atoms. The number of aliphatic carboxylic acids is 1. The van der Waals surface area contributed by atoms with Gasteiger partial charge < -0.3 is 5.11 Å². The van der Waals surface area contributed by atoms with E-state index in [1.807, 2.05) is 0 Å². The van der Waals surface area contributed by atoms with Crippen LogP contribution in [0.5, 0.6) is 0 Å². The Kier molecular flexibility index (Phi) is 3.78. The second kappa shape index (κ2) is 4.75. The number of halogens is 4. The molecule has 1 aromatic rings. The van der Waals surface area contributed by atoms with E-state index in [1.54, 1.807) is 0 Å². The quantitative estimate of drug-likeness (QED) is 0.913. The fourth-order valence-corrected chi connectivity index (χ4v) is 1.89. The number of carboxylic acids is 1. The summed E-state index contributed by atoms with van der Waals surface area (Å²) in [5.74, 6) is -1.29. The Morgan fingerprint density at radius 1 is 1.47 bits per heavy atom. The molecule has 0 unspecified atom stereocenters. The number of rotatable bonds is 2. The zero-order valence-corrected chi connectivity index (χ0v) is 9.76. The highest BCUT2D eigenvalue weighted by Crippen LogP contribution is 2.38. The molecule has 0 radical (unpaired) electrons. The molecular formula is C10H5BrF3NO2. The fourth-order valence-electron chi connectivity index (χ4n) is 1.34. The Bertz CT molecular complexity index is 505. The molecule has 1 N–H and O–H groups in total. The third-order valence-electron chi connectivity index (χ3n) is 1.98. The first-order chi connectivity index (χ1) is 7.77. The number of hydrogen-bond donors (Lipinski definition) is 1. The molecule has 0 saturated carbocycles. The Labute approximate surface area is 103 Å². The number of nitrogens with zero attached hydrogens (tertiary/aromatic N) is 1. The SMILES string of the molecule is N#Cc1c(CC(=O)O)ccc(Br)c1C(F)(F)F. The molecule has 0 bridgehead atoms. The highest BCUT2D eigenvalue weighted by atomic mass is 79.9. The Morgan fingerprint density at radius 2 is 2.06 bits per heavy atom. The summed E-state index contributed by atoms with van der Waals surface area (Å²) < 4.78 is 37.8. The van der Waals surface area contributed by atoms with Crippen molar-refractivity contribution in [2.24, 2.45) is 0 Å². The summed E-state index contributed by atoms with van der Waals surface area (Å²) in [6.07, 6.45) is -5.34. The molecule has 0 fully saturated rings. The third kappa shape index (κ3) is 2.97. The monoisotopic (exact) mass is 307 g/mol. The first-order valence-corrected chi connectivity index (χ1v) is 5.07. The molecule has 3 nitrogen and oxygen atoms in total. The molecule has 0 aromatic heterocycles. The van der Waals surface area contributed by atoms with Crippen molar-refractivity contribution in [3.05, 3.63) is 33.3 Å². The number of carbonyl (C=O) groups is 1. The van der Waals surface area contributed by atoms with Gasteiger partial charge in [0.1, 0.15) is 6.07 Å². The van der Waals surface area contributed by atoms with Crippen molar-refractivity contribution in [2.45, 2.75) is 12.6 Å². The zero-order chi connectivity index (χ0) is 13.2. The minimum absolute atomic E-state index is 0.157. The number of carboxylic acid groups (broad SMARTS) is 1. The summed E-state index contributed by atoms with van der Waals surface area (Å²) in [5, 5.41) is 17.3. The predicted octanol–water partition coefficient (Wildman–Crippen LogP) is 2.97. The molecule has 1 aromatic carbocycles. The van der Waals surface area contributed by atoms with Crippen molar-refractivity contribution in [3.63, 3.8) is 0 Å². The van der Waals surface area contributed by atoms with Gasteiger partial charge in [-0.25, -0.2) is 0 Å². The van der Waals surface area contributed by atoms with E-state index in [0.717, 1.165) is 6.07 Å². The van der Waals surface area contributed by atoms with E-state index in [0.29, 0.717) is 0 Å². The summed E-state index contributed by atoms with van der Waals surface area (Å²) in [4.78, 5) is 10.5. The molecule has 0 aliphatic rings. The lowest BCUT2D eigenvalue weighted by atomic mass is 9.99.